The molecule has 26 heavy (non-hydrogen) atoms. The quantitative estimate of drug-likeness (QED) is 0.304. The number of carbonyl (C=O) groups is 3. The number of nitrogens with one attached hydrogen (secondary N) is 3. The Morgan fingerprint density at radius 3 is 2.81 bits per heavy atom. The Kier molecular flexibility index (Phi) is 4.87. The van der Waals surface area contributed by atoms with Crippen molar-refractivity contribution in [3.63, 3.8) is 0 Å². The molecule has 1 aromatic heterocycles. The molecule has 1 fully saturated rings. The molecule has 3 heterocycles. The molecule has 2 amide bonds. The lowest BCUT2D eigenvalue weighted by molar-refractivity contribution is -0.150. The van der Waals surface area contributed by atoms with Gasteiger partial charge in [0.25, 0.3) is 11.8 Å². The van der Waals surface area contributed by atoms with Gasteiger partial charge in [-0.05, 0) is 13.0 Å². The molecule has 3 atom stereocenters. The summed E-state index contributed by atoms with van der Waals surface area (Å²) >= 11 is 2.46. The number of carbonyl (C=O) groups excluding carboxylic acids is 2. The zero-order chi connectivity index (χ0) is 19.0. The van der Waals surface area contributed by atoms with E-state index >= 15 is 0 Å². The first kappa shape index (κ1) is 18.2. The summed E-state index contributed by atoms with van der Waals surface area (Å²) in [5.74, 6) is -2.33. The number of hydrogen-bond acceptors (Lipinski definition) is 8. The minimum atomic E-state index is -1.18. The Morgan fingerprint density at radius 2 is 2.23 bits per heavy atom. The van der Waals surface area contributed by atoms with Crippen molar-refractivity contribution in [2.24, 2.45) is 5.16 Å². The first-order chi connectivity index (χ1) is 12.3. The molecule has 0 radical (unpaired) electrons. The lowest BCUT2D eigenvalue weighted by Gasteiger charge is -2.49. The molecular weight excluding hydrogens is 382 g/mol. The number of aliphatic carboxylic acids is 1. The van der Waals surface area contributed by atoms with Crippen molar-refractivity contribution in [3.8, 4) is 0 Å². The van der Waals surface area contributed by atoms with E-state index < -0.39 is 29.2 Å². The number of amides is 2. The van der Waals surface area contributed by atoms with Gasteiger partial charge >= 0.3 is 5.97 Å². The summed E-state index contributed by atoms with van der Waals surface area (Å²) in [5.41, 5.74) is 0.114. The summed E-state index contributed by atoms with van der Waals surface area (Å²) in [6, 6.07) is -0.867. The molecule has 2 aliphatic heterocycles. The highest BCUT2D eigenvalue weighted by Crippen LogP contribution is 2.40. The van der Waals surface area contributed by atoms with E-state index in [1.165, 1.54) is 35.2 Å². The number of aromatic nitrogens is 1. The van der Waals surface area contributed by atoms with Gasteiger partial charge in [0.05, 0.1) is 5.69 Å². The lowest BCUT2D eigenvalue weighted by Crippen LogP contribution is -2.71. The molecule has 2 aliphatic rings. The van der Waals surface area contributed by atoms with Crippen molar-refractivity contribution in [1.29, 1.82) is 5.41 Å². The number of oxime groups is 1. The molecule has 0 aliphatic carbocycles. The van der Waals surface area contributed by atoms with E-state index in [2.05, 4.69) is 20.3 Å². The van der Waals surface area contributed by atoms with Gasteiger partial charge in [-0.25, -0.2) is 4.79 Å². The molecule has 2 unspecified atom stereocenters. The average Bonchev–Trinajstić information content (AvgIpc) is 3.02. The zero-order valence-corrected chi connectivity index (χ0v) is 15.3. The van der Waals surface area contributed by atoms with Gasteiger partial charge in [0.15, 0.2) is 10.5 Å². The number of nitrogens with zero attached hydrogens (tertiary/aromatic N) is 2. The Hall–Kier alpha value is -2.60. The van der Waals surface area contributed by atoms with Crippen LogP contribution in [0, 0.1) is 5.41 Å². The van der Waals surface area contributed by atoms with Gasteiger partial charge in [0.2, 0.25) is 0 Å². The molecule has 0 spiro atoms. The van der Waals surface area contributed by atoms with Crippen LogP contribution >= 0.6 is 23.1 Å². The van der Waals surface area contributed by atoms with E-state index in [-0.39, 0.29) is 21.5 Å². The third kappa shape index (κ3) is 3.12. The fraction of sp³-hybridized carbons (Fsp3) is 0.357. The Labute approximate surface area is 155 Å². The van der Waals surface area contributed by atoms with Crippen LogP contribution < -0.4 is 10.1 Å². The maximum absolute atomic E-state index is 12.6. The lowest BCUT2D eigenvalue weighted by atomic mass is 10.0. The van der Waals surface area contributed by atoms with E-state index in [1.807, 2.05) is 6.92 Å². The fourth-order valence-corrected chi connectivity index (χ4v) is 4.56. The molecule has 0 saturated carbocycles. The van der Waals surface area contributed by atoms with Crippen LogP contribution in [0.2, 0.25) is 0 Å². The van der Waals surface area contributed by atoms with Gasteiger partial charge in [-0.15, -0.1) is 23.1 Å². The number of β-lactam (4-membered cyclic amide) rings is 1. The average molecular weight is 397 g/mol. The van der Waals surface area contributed by atoms with Gasteiger partial charge in [0, 0.05) is 10.6 Å². The molecule has 12 heteroatoms. The van der Waals surface area contributed by atoms with E-state index in [9.17, 15) is 19.5 Å². The predicted molar refractivity (Wildman–Crippen MR) is 93.4 cm³/mol. The topological polar surface area (TPSA) is 148 Å². The van der Waals surface area contributed by atoms with Crippen molar-refractivity contribution in [2.45, 2.75) is 23.6 Å². The largest absolute Gasteiger partial charge is 0.477 e. The molecule has 4 N–H and O–H groups in total. The standard InChI is InChI=1S/C14H15N5O5S2/c1-5-3-7(13(22)23)19-11(21)9(12(19)26-5)17-10(20)8(18-24-2)6-4-25-14(15)16-6/h3-5,9,12H,1-2H3,(H2,15,16)(H,17,20)(H,22,23)/b18-8+/t5?,9?,12-/m1/s1. The first-order valence-electron chi connectivity index (χ1n) is 7.42. The summed E-state index contributed by atoms with van der Waals surface area (Å²) in [6.45, 7) is 1.82. The first-order valence-corrected chi connectivity index (χ1v) is 9.24. The van der Waals surface area contributed by atoms with Crippen molar-refractivity contribution in [1.82, 2.24) is 15.2 Å². The second-order valence-electron chi connectivity index (χ2n) is 5.47. The minimum Gasteiger partial charge on any atom is -0.477 e. The van der Waals surface area contributed by atoms with E-state index in [1.54, 1.807) is 0 Å². The number of thioether (sulfide) groups is 1. The second kappa shape index (κ2) is 6.96. The van der Waals surface area contributed by atoms with Crippen LogP contribution in [0.4, 0.5) is 0 Å². The summed E-state index contributed by atoms with van der Waals surface area (Å²) in [5, 5.41) is 23.9. The van der Waals surface area contributed by atoms with Gasteiger partial charge in [-0.1, -0.05) is 5.16 Å². The third-order valence-corrected chi connectivity index (χ3v) is 5.77. The van der Waals surface area contributed by atoms with Gasteiger partial charge in [-0.2, -0.15) is 0 Å². The van der Waals surface area contributed by atoms with Gasteiger partial charge in [0.1, 0.15) is 24.2 Å². The van der Waals surface area contributed by atoms with Crippen molar-refractivity contribution in [2.75, 3.05) is 7.11 Å². The number of aromatic amines is 1. The Morgan fingerprint density at radius 1 is 1.50 bits per heavy atom. The van der Waals surface area contributed by atoms with Crippen LogP contribution in [0.1, 0.15) is 12.6 Å². The maximum Gasteiger partial charge on any atom is 0.352 e. The monoisotopic (exact) mass is 397 g/mol. The summed E-state index contributed by atoms with van der Waals surface area (Å²) in [6.07, 6.45) is 1.51. The van der Waals surface area contributed by atoms with Gasteiger partial charge < -0.3 is 20.2 Å². The van der Waals surface area contributed by atoms with E-state index in [0.717, 1.165) is 11.3 Å². The van der Waals surface area contributed by atoms with Crippen molar-refractivity contribution >= 4 is 46.6 Å². The molecule has 138 valence electrons. The van der Waals surface area contributed by atoms with Crippen LogP contribution in [0.3, 0.4) is 0 Å². The number of rotatable bonds is 5. The van der Waals surface area contributed by atoms with Gasteiger partial charge in [-0.3, -0.25) is 19.9 Å². The van der Waals surface area contributed by atoms with Crippen molar-refractivity contribution < 1.29 is 24.3 Å². The molecule has 3 rings (SSSR count). The molecule has 0 bridgehead atoms. The van der Waals surface area contributed by atoms with Crippen LogP contribution in [0.25, 0.3) is 0 Å². The van der Waals surface area contributed by atoms with E-state index in [0.29, 0.717) is 5.69 Å². The molecule has 1 aromatic rings. The van der Waals surface area contributed by atoms with Crippen LogP contribution in [0.15, 0.2) is 22.3 Å². The number of fused-ring (bicyclic) bond motifs is 1. The summed E-state index contributed by atoms with van der Waals surface area (Å²) in [4.78, 5) is 44.9. The number of thiazole rings is 1. The molecule has 1 saturated heterocycles. The molecule has 10 nitrogen and oxygen atoms in total. The van der Waals surface area contributed by atoms with Crippen LogP contribution in [-0.4, -0.2) is 62.3 Å². The second-order valence-corrected chi connectivity index (χ2v) is 7.85. The number of H-pyrrole nitrogens is 1. The number of carboxylic acids is 1. The normalized spacial score (nSPS) is 25.1. The SMILES string of the molecule is CO/N=C(/C(=O)NC1C(=O)N2C(C(=O)O)=CC(C)S[C@H]12)c1csc(=N)[nH]1. The summed E-state index contributed by atoms with van der Waals surface area (Å²) < 4.78 is 0. The fourth-order valence-electron chi connectivity index (χ4n) is 2.66. The zero-order valence-electron chi connectivity index (χ0n) is 13.7. The Balaban J connectivity index is 1.79. The summed E-state index contributed by atoms with van der Waals surface area (Å²) in [7, 11) is 1.28. The van der Waals surface area contributed by atoms with Crippen LogP contribution in [-0.2, 0) is 19.2 Å². The molecule has 0 aromatic carbocycles. The minimum absolute atomic E-state index is 0.0763. The highest BCUT2D eigenvalue weighted by molar-refractivity contribution is 8.00. The smallest absolute Gasteiger partial charge is 0.352 e. The van der Waals surface area contributed by atoms with E-state index in [4.69, 9.17) is 5.41 Å². The third-order valence-electron chi connectivity index (χ3n) is 3.75. The number of hydrogen-bond donors (Lipinski definition) is 4. The highest BCUT2D eigenvalue weighted by atomic mass is 32.2. The molecular formula is C14H15N5O5S2. The highest BCUT2D eigenvalue weighted by Gasteiger charge is 2.54. The maximum atomic E-state index is 12.6. The Bertz CT molecular complexity index is 888. The number of carboxylic acid groups (broad SMARTS) is 1. The van der Waals surface area contributed by atoms with Crippen molar-refractivity contribution in [3.05, 3.63) is 27.6 Å². The predicted octanol–water partition coefficient (Wildman–Crippen LogP) is -0.337. The van der Waals surface area contributed by atoms with Crippen LogP contribution in [0.5, 0.6) is 0 Å².